The number of rotatable bonds is 12. The Morgan fingerprint density at radius 1 is 0.762 bits per heavy atom. The van der Waals surface area contributed by atoms with Crippen molar-refractivity contribution < 1.29 is 18.2 Å². The van der Waals surface area contributed by atoms with E-state index in [1.807, 2.05) is 0 Å². The summed E-state index contributed by atoms with van der Waals surface area (Å²) in [6.45, 7) is 0.148. The van der Waals surface area contributed by atoms with Crippen LogP contribution in [0.5, 0.6) is 0 Å². The average molecular weight is 552 g/mol. The highest BCUT2D eigenvalue weighted by Gasteiger charge is 2.35. The first kappa shape index (κ1) is 23.5. The molecule has 12 heteroatoms. The molecule has 0 atom stereocenters. The summed E-state index contributed by atoms with van der Waals surface area (Å²) in [6.07, 6.45) is 0. The summed E-state index contributed by atoms with van der Waals surface area (Å²) in [5.74, 6) is 0. The summed E-state index contributed by atoms with van der Waals surface area (Å²) in [4.78, 5) is 0. The molecule has 0 aromatic heterocycles. The Bertz CT molecular complexity index is 350. The van der Waals surface area contributed by atoms with Crippen LogP contribution in [0.1, 0.15) is 0 Å². The van der Waals surface area contributed by atoms with Crippen molar-refractivity contribution >= 4 is 93.0 Å². The lowest BCUT2D eigenvalue weighted by Crippen LogP contribution is -2.35. The predicted octanol–water partition coefficient (Wildman–Crippen LogP) is 6.14. The minimum absolute atomic E-state index is 0.0742. The number of hydrogen-bond acceptors (Lipinski definition) is 4. The molecule has 0 saturated carbocycles. The van der Waals surface area contributed by atoms with Crippen LogP contribution in [0.15, 0.2) is 0 Å². The van der Waals surface area contributed by atoms with Gasteiger partial charge in [-0.3, -0.25) is 9.13 Å². The molecule has 21 heavy (non-hydrogen) atoms. The minimum Gasteiger partial charge on any atom is -0.326 e. The number of alkyl halides is 6. The van der Waals surface area contributed by atoms with Crippen LogP contribution in [0.3, 0.4) is 0 Å². The third kappa shape index (κ3) is 7.94. The summed E-state index contributed by atoms with van der Waals surface area (Å²) in [6, 6.07) is 0. The van der Waals surface area contributed by atoms with Gasteiger partial charge in [0.05, 0.1) is 13.2 Å². The van der Waals surface area contributed by atoms with Crippen LogP contribution >= 0.6 is 93.0 Å². The molecule has 0 amide bonds. The van der Waals surface area contributed by atoms with E-state index in [0.29, 0.717) is 10.7 Å². The van der Waals surface area contributed by atoms with Crippen molar-refractivity contribution in [3.63, 3.8) is 0 Å². The van der Waals surface area contributed by atoms with Gasteiger partial charge in [0.2, 0.25) is 14.7 Å². The molecule has 0 aliphatic carbocycles. The van der Waals surface area contributed by atoms with Gasteiger partial charge in [0.1, 0.15) is 22.5 Å². The molecule has 0 unspecified atom stereocenters. The van der Waals surface area contributed by atoms with Gasteiger partial charge in [-0.05, 0) is 0 Å². The van der Waals surface area contributed by atoms with E-state index in [0.717, 1.165) is 0 Å². The first-order valence-corrected chi connectivity index (χ1v) is 14.0. The van der Waals surface area contributed by atoms with Crippen molar-refractivity contribution in [3.8, 4) is 0 Å². The maximum atomic E-state index is 12.1. The summed E-state index contributed by atoms with van der Waals surface area (Å²) in [7, 11) is -6.14. The quantitative estimate of drug-likeness (QED) is 0.216. The highest BCUT2D eigenvalue weighted by molar-refractivity contribution is 9.09. The first-order valence-electron chi connectivity index (χ1n) is 5.59. The van der Waals surface area contributed by atoms with Crippen molar-refractivity contribution in [2.45, 2.75) is 0 Å². The molecule has 0 rings (SSSR count). The smallest absolute Gasteiger partial charge is 0.231 e. The Morgan fingerprint density at radius 3 is 1.24 bits per heavy atom. The molecular weight excluding hydrogens is 536 g/mol. The van der Waals surface area contributed by atoms with Crippen LogP contribution in [0.4, 0.5) is 0 Å². The standard InChI is InChI=1S/C9H16Br2Cl4O4P2/c10-1-9(2-11,3-18-20(16,5-12)6-13)4-19-21(17,7-14)8-15/h1-8H2. The third-order valence-electron chi connectivity index (χ3n) is 2.51. The van der Waals surface area contributed by atoms with Crippen molar-refractivity contribution in [2.75, 3.05) is 46.4 Å². The van der Waals surface area contributed by atoms with E-state index in [9.17, 15) is 9.13 Å². The van der Waals surface area contributed by atoms with Crippen molar-refractivity contribution in [1.82, 2.24) is 0 Å². The normalized spacial score (nSPS) is 13.6. The molecule has 0 bridgehead atoms. The molecule has 0 radical (unpaired) electrons. The molecular formula is C9H16Br2Cl4O4P2. The number of halogens is 6. The van der Waals surface area contributed by atoms with E-state index in [2.05, 4.69) is 31.9 Å². The predicted molar refractivity (Wildman–Crippen MR) is 100 cm³/mol. The van der Waals surface area contributed by atoms with Crippen molar-refractivity contribution in [2.24, 2.45) is 5.41 Å². The maximum Gasteiger partial charge on any atom is 0.231 e. The third-order valence-corrected chi connectivity index (χ3v) is 11.9. The molecule has 0 N–H and O–H groups in total. The lowest BCUT2D eigenvalue weighted by molar-refractivity contribution is 0.125. The van der Waals surface area contributed by atoms with Crippen LogP contribution in [-0.4, -0.2) is 46.4 Å². The minimum atomic E-state index is -3.07. The molecule has 128 valence electrons. The molecule has 0 aliphatic rings. The molecule has 0 saturated heterocycles. The van der Waals surface area contributed by atoms with Gasteiger partial charge in [-0.15, -0.1) is 46.4 Å². The van der Waals surface area contributed by atoms with Crippen LogP contribution in [0, 0.1) is 5.41 Å². The van der Waals surface area contributed by atoms with E-state index in [1.54, 1.807) is 0 Å². The van der Waals surface area contributed by atoms with E-state index < -0.39 is 20.2 Å². The molecule has 0 spiro atoms. The van der Waals surface area contributed by atoms with E-state index in [4.69, 9.17) is 55.5 Å². The lowest BCUT2D eigenvalue weighted by Gasteiger charge is -2.31. The Balaban J connectivity index is 4.85. The Kier molecular flexibility index (Phi) is 12.5. The van der Waals surface area contributed by atoms with E-state index >= 15 is 0 Å². The molecule has 0 aromatic carbocycles. The molecule has 0 aliphatic heterocycles. The number of hydrogen-bond donors (Lipinski definition) is 0. The maximum absolute atomic E-state index is 12.1. The van der Waals surface area contributed by atoms with Crippen LogP contribution in [0.25, 0.3) is 0 Å². The molecule has 0 heterocycles. The zero-order valence-electron chi connectivity index (χ0n) is 11.0. The fraction of sp³-hybridized carbons (Fsp3) is 1.00. The van der Waals surface area contributed by atoms with Crippen LogP contribution < -0.4 is 0 Å². The summed E-state index contributed by atoms with van der Waals surface area (Å²) < 4.78 is 35.0. The summed E-state index contributed by atoms with van der Waals surface area (Å²) >= 11 is 29.2. The van der Waals surface area contributed by atoms with E-state index in [-0.39, 0.29) is 35.7 Å². The Morgan fingerprint density at radius 2 is 1.05 bits per heavy atom. The van der Waals surface area contributed by atoms with Crippen molar-refractivity contribution in [1.29, 1.82) is 0 Å². The van der Waals surface area contributed by atoms with Crippen LogP contribution in [-0.2, 0) is 18.2 Å². The second-order valence-electron chi connectivity index (χ2n) is 4.42. The van der Waals surface area contributed by atoms with Gasteiger partial charge in [-0.1, -0.05) is 31.9 Å². The van der Waals surface area contributed by atoms with Crippen molar-refractivity contribution in [3.05, 3.63) is 0 Å². The fourth-order valence-electron chi connectivity index (χ4n) is 0.943. The summed E-state index contributed by atoms with van der Waals surface area (Å²) in [5, 5.41) is 0.917. The van der Waals surface area contributed by atoms with Gasteiger partial charge in [-0.25, -0.2) is 0 Å². The SMILES string of the molecule is O=P(CCl)(CCl)OCC(CBr)(CBr)COP(=O)(CCl)CCl. The van der Waals surface area contributed by atoms with Gasteiger partial charge >= 0.3 is 0 Å². The lowest BCUT2D eigenvalue weighted by atomic mass is 9.97. The Labute approximate surface area is 162 Å². The monoisotopic (exact) mass is 548 g/mol. The van der Waals surface area contributed by atoms with Gasteiger partial charge in [0.25, 0.3) is 0 Å². The highest BCUT2D eigenvalue weighted by atomic mass is 79.9. The molecule has 0 aromatic rings. The zero-order chi connectivity index (χ0) is 16.6. The van der Waals surface area contributed by atoms with E-state index in [1.165, 1.54) is 0 Å². The van der Waals surface area contributed by atoms with Gasteiger partial charge in [-0.2, -0.15) is 0 Å². The largest absolute Gasteiger partial charge is 0.326 e. The fourth-order valence-corrected chi connectivity index (χ4v) is 6.30. The average Bonchev–Trinajstić information content (AvgIpc) is 2.55. The molecule has 0 fully saturated rings. The highest BCUT2D eigenvalue weighted by Crippen LogP contribution is 2.52. The van der Waals surface area contributed by atoms with Gasteiger partial charge in [0.15, 0.2) is 0 Å². The second kappa shape index (κ2) is 11.2. The Hall–Kier alpha value is 2.50. The van der Waals surface area contributed by atoms with Crippen LogP contribution in [0.2, 0.25) is 0 Å². The van der Waals surface area contributed by atoms with Gasteiger partial charge < -0.3 is 9.05 Å². The topological polar surface area (TPSA) is 52.6 Å². The van der Waals surface area contributed by atoms with Gasteiger partial charge in [0, 0.05) is 16.1 Å². The second-order valence-corrected chi connectivity index (χ2v) is 13.1. The zero-order valence-corrected chi connectivity index (χ0v) is 18.9. The molecule has 4 nitrogen and oxygen atoms in total. The first-order chi connectivity index (χ1) is 9.78. The summed E-state index contributed by atoms with van der Waals surface area (Å²) in [5.41, 5.74) is -1.26.